The second-order valence-corrected chi connectivity index (χ2v) is 11.6. The molecule has 1 rings (SSSR count). The molecule has 0 saturated carbocycles. The Kier molecular flexibility index (Phi) is 24.6. The number of carbonyl (C=O) groups excluding carboxylic acids is 2. The van der Waals surface area contributed by atoms with E-state index in [0.717, 1.165) is 83.5 Å². The first-order valence-electron chi connectivity index (χ1n) is 17.1. The summed E-state index contributed by atoms with van der Waals surface area (Å²) in [6, 6.07) is 0. The highest BCUT2D eigenvalue weighted by atomic mass is 16.7. The van der Waals surface area contributed by atoms with Crippen molar-refractivity contribution in [3.05, 3.63) is 36.5 Å². The Balaban J connectivity index is 2.41. The highest BCUT2D eigenvalue weighted by Crippen LogP contribution is 2.22. The smallest absolute Gasteiger partial charge is 0.306 e. The van der Waals surface area contributed by atoms with Gasteiger partial charge in [0.1, 0.15) is 31.0 Å². The van der Waals surface area contributed by atoms with Crippen LogP contribution in [0.1, 0.15) is 117 Å². The lowest BCUT2D eigenvalue weighted by atomic mass is 9.99. The molecule has 1 saturated heterocycles. The van der Waals surface area contributed by atoms with E-state index in [0.29, 0.717) is 6.42 Å². The average Bonchev–Trinajstić information content (AvgIpc) is 3.03. The molecule has 1 unspecified atom stereocenters. The van der Waals surface area contributed by atoms with Crippen LogP contribution in [0.5, 0.6) is 0 Å². The van der Waals surface area contributed by atoms with Crippen LogP contribution < -0.4 is 0 Å². The number of ether oxygens (including phenoxy) is 4. The number of rotatable bonds is 26. The van der Waals surface area contributed by atoms with Crippen molar-refractivity contribution in [2.24, 2.45) is 0 Å². The van der Waals surface area contributed by atoms with E-state index < -0.39 is 55.4 Å². The summed E-state index contributed by atoms with van der Waals surface area (Å²) in [5, 5.41) is 39.7. The summed E-state index contributed by atoms with van der Waals surface area (Å²) in [4.78, 5) is 24.8. The molecule has 260 valence electrons. The van der Waals surface area contributed by atoms with Crippen LogP contribution in [0.25, 0.3) is 0 Å². The molecule has 1 aliphatic rings. The van der Waals surface area contributed by atoms with Crippen LogP contribution in [0.4, 0.5) is 0 Å². The number of unbranched alkanes of at least 4 members (excludes halogenated alkanes) is 9. The average molecular weight is 641 g/mol. The molecule has 0 aromatic carbocycles. The monoisotopic (exact) mass is 640 g/mol. The predicted molar refractivity (Wildman–Crippen MR) is 173 cm³/mol. The van der Waals surface area contributed by atoms with E-state index in [1.165, 1.54) is 0 Å². The van der Waals surface area contributed by atoms with Crippen molar-refractivity contribution in [3.8, 4) is 0 Å². The largest absolute Gasteiger partial charge is 0.462 e. The molecule has 0 aromatic heterocycles. The van der Waals surface area contributed by atoms with Crippen molar-refractivity contribution < 1.29 is 49.0 Å². The zero-order valence-electron chi connectivity index (χ0n) is 27.6. The third kappa shape index (κ3) is 19.9. The van der Waals surface area contributed by atoms with E-state index in [9.17, 15) is 30.0 Å². The summed E-state index contributed by atoms with van der Waals surface area (Å²) in [5.41, 5.74) is 0. The molecule has 10 nitrogen and oxygen atoms in total. The molecule has 1 heterocycles. The zero-order chi connectivity index (χ0) is 33.1. The summed E-state index contributed by atoms with van der Waals surface area (Å²) in [7, 11) is 0. The number of hydrogen-bond donors (Lipinski definition) is 4. The first-order chi connectivity index (χ1) is 21.8. The van der Waals surface area contributed by atoms with Crippen LogP contribution in [-0.2, 0) is 28.5 Å². The molecule has 0 radical (unpaired) electrons. The first kappa shape index (κ1) is 40.9. The zero-order valence-corrected chi connectivity index (χ0v) is 27.6. The number of esters is 2. The van der Waals surface area contributed by atoms with E-state index in [2.05, 4.69) is 50.3 Å². The molecule has 6 atom stereocenters. The topological polar surface area (TPSA) is 152 Å². The van der Waals surface area contributed by atoms with Crippen molar-refractivity contribution in [2.75, 3.05) is 19.8 Å². The normalized spacial score (nSPS) is 22.8. The minimum Gasteiger partial charge on any atom is -0.462 e. The van der Waals surface area contributed by atoms with Gasteiger partial charge >= 0.3 is 11.9 Å². The second-order valence-electron chi connectivity index (χ2n) is 11.6. The Morgan fingerprint density at radius 2 is 1.31 bits per heavy atom. The second kappa shape index (κ2) is 27.1. The molecule has 0 aromatic rings. The Hall–Kier alpha value is -2.08. The summed E-state index contributed by atoms with van der Waals surface area (Å²) in [6.45, 7) is 3.15. The van der Waals surface area contributed by atoms with Gasteiger partial charge in [-0.2, -0.15) is 0 Å². The Bertz CT molecular complexity index is 840. The maximum Gasteiger partial charge on any atom is 0.306 e. The molecule has 45 heavy (non-hydrogen) atoms. The molecular weight excluding hydrogens is 580 g/mol. The predicted octanol–water partition coefficient (Wildman–Crippen LogP) is 5.21. The summed E-state index contributed by atoms with van der Waals surface area (Å²) in [6.07, 6.45) is 19.2. The minimum absolute atomic E-state index is 0.210. The maximum atomic E-state index is 12.6. The van der Waals surface area contributed by atoms with E-state index in [1.54, 1.807) is 0 Å². The van der Waals surface area contributed by atoms with E-state index in [-0.39, 0.29) is 26.1 Å². The van der Waals surface area contributed by atoms with Crippen LogP contribution in [0, 0.1) is 0 Å². The van der Waals surface area contributed by atoms with Crippen molar-refractivity contribution in [3.63, 3.8) is 0 Å². The fourth-order valence-electron chi connectivity index (χ4n) is 4.79. The summed E-state index contributed by atoms with van der Waals surface area (Å²) in [5.74, 6) is -0.847. The van der Waals surface area contributed by atoms with Crippen LogP contribution in [0.15, 0.2) is 36.5 Å². The van der Waals surface area contributed by atoms with Gasteiger partial charge in [-0.1, -0.05) is 95.2 Å². The van der Waals surface area contributed by atoms with E-state index in [4.69, 9.17) is 18.9 Å². The Labute approximate surface area is 270 Å². The van der Waals surface area contributed by atoms with E-state index in [1.807, 2.05) is 0 Å². The standard InChI is InChI=1S/C35H60O10/c1-3-5-7-9-10-11-12-13-14-15-16-17-18-20-22-24-31(38)44-28(26-42-30(37)23-21-19-8-6-4-2)27-43-35-34(41)33(40)32(39)29(25-36)45-35/h5,7,10-11,13-14,28-29,32-36,39-41H,3-4,6,8-9,12,15-27H2,1-2H3/b7-5+,11-10+,14-13+/t28?,29-,32-,33+,34-,35-/m1/s1. The lowest BCUT2D eigenvalue weighted by Gasteiger charge is -2.39. The molecule has 0 bridgehead atoms. The van der Waals surface area contributed by atoms with Gasteiger partial charge in [-0.15, -0.1) is 0 Å². The molecule has 1 fully saturated rings. The molecule has 0 spiro atoms. The number of aliphatic hydroxyl groups is 4. The molecular formula is C35H60O10. The van der Waals surface area contributed by atoms with Crippen molar-refractivity contribution in [1.29, 1.82) is 0 Å². The van der Waals surface area contributed by atoms with Crippen LogP contribution in [0.2, 0.25) is 0 Å². The number of aliphatic hydroxyl groups excluding tert-OH is 4. The van der Waals surface area contributed by atoms with E-state index >= 15 is 0 Å². The SMILES string of the molecule is CC/C=C/C/C=C/C/C=C/CCCCCCCC(=O)OC(COC(=O)CCCCCCC)CO[C@@H]1O[C@H](CO)[C@@H](O)[C@H](O)[C@H]1O. The molecule has 0 aliphatic carbocycles. The quantitative estimate of drug-likeness (QED) is 0.0563. The van der Waals surface area contributed by atoms with Crippen molar-refractivity contribution in [1.82, 2.24) is 0 Å². The minimum atomic E-state index is -1.59. The van der Waals surface area contributed by atoms with Crippen molar-refractivity contribution >= 4 is 11.9 Å². The van der Waals surface area contributed by atoms with Gasteiger partial charge in [0.05, 0.1) is 13.2 Å². The van der Waals surface area contributed by atoms with Gasteiger partial charge in [-0.25, -0.2) is 0 Å². The number of carbonyl (C=O) groups is 2. The number of hydrogen-bond acceptors (Lipinski definition) is 10. The van der Waals surface area contributed by atoms with Gasteiger partial charge in [0.15, 0.2) is 12.4 Å². The molecule has 4 N–H and O–H groups in total. The third-order valence-electron chi connectivity index (χ3n) is 7.54. The summed E-state index contributed by atoms with van der Waals surface area (Å²) >= 11 is 0. The maximum absolute atomic E-state index is 12.6. The van der Waals surface area contributed by atoms with Gasteiger partial charge in [0, 0.05) is 12.8 Å². The molecule has 1 aliphatic heterocycles. The molecule has 10 heteroatoms. The lowest BCUT2D eigenvalue weighted by Crippen LogP contribution is -2.59. The van der Waals surface area contributed by atoms with Gasteiger partial charge < -0.3 is 39.4 Å². The van der Waals surface area contributed by atoms with Crippen molar-refractivity contribution in [2.45, 2.75) is 153 Å². The van der Waals surface area contributed by atoms with Crippen LogP contribution in [0.3, 0.4) is 0 Å². The van der Waals surface area contributed by atoms with Crippen LogP contribution in [-0.4, -0.2) is 89.0 Å². The van der Waals surface area contributed by atoms with Gasteiger partial charge in [-0.3, -0.25) is 9.59 Å². The number of allylic oxidation sites excluding steroid dienone is 6. The van der Waals surface area contributed by atoms with Crippen LogP contribution >= 0.6 is 0 Å². The Morgan fingerprint density at radius 3 is 1.98 bits per heavy atom. The lowest BCUT2D eigenvalue weighted by molar-refractivity contribution is -0.305. The summed E-state index contributed by atoms with van der Waals surface area (Å²) < 4.78 is 21.8. The van der Waals surface area contributed by atoms with Gasteiger partial charge in [0.2, 0.25) is 0 Å². The molecule has 0 amide bonds. The first-order valence-corrected chi connectivity index (χ1v) is 17.1. The Morgan fingerprint density at radius 1 is 0.711 bits per heavy atom. The fraction of sp³-hybridized carbons (Fsp3) is 0.771. The highest BCUT2D eigenvalue weighted by Gasteiger charge is 2.44. The van der Waals surface area contributed by atoms with Gasteiger partial charge in [0.25, 0.3) is 0 Å². The van der Waals surface area contributed by atoms with Gasteiger partial charge in [-0.05, 0) is 44.9 Å². The third-order valence-corrected chi connectivity index (χ3v) is 7.54. The highest BCUT2D eigenvalue weighted by molar-refractivity contribution is 5.70. The fourth-order valence-corrected chi connectivity index (χ4v) is 4.79.